The van der Waals surface area contributed by atoms with E-state index in [0.29, 0.717) is 24.2 Å². The Morgan fingerprint density at radius 2 is 1.65 bits per heavy atom. The summed E-state index contributed by atoms with van der Waals surface area (Å²) in [5.74, 6) is -1.05. The standard InChI is InChI=1S/C25H29N3O6/c1-2-3-22(29)33-15-34-23(30)13-19-12-20(28-25(19)31)14-32-21-10-8-17(9-11-21)16-4-6-18(7-5-16)24(26)27/h4-11,19-20H,2-3,12-15H2,1H3,(H3,26,27)(H,28,31)/t19-,20-/m0/s1. The molecule has 180 valence electrons. The fourth-order valence-electron chi connectivity index (χ4n) is 3.59. The predicted molar refractivity (Wildman–Crippen MR) is 125 cm³/mol. The topological polar surface area (TPSA) is 141 Å². The van der Waals surface area contributed by atoms with Gasteiger partial charge in [0.05, 0.1) is 18.4 Å². The molecule has 0 radical (unpaired) electrons. The molecule has 9 heteroatoms. The third-order valence-corrected chi connectivity index (χ3v) is 5.43. The number of carbonyl (C=O) groups excluding carboxylic acids is 3. The first-order valence-corrected chi connectivity index (χ1v) is 11.1. The van der Waals surface area contributed by atoms with Gasteiger partial charge in [-0.1, -0.05) is 43.3 Å². The van der Waals surface area contributed by atoms with Crippen LogP contribution in [0.5, 0.6) is 5.75 Å². The zero-order valence-electron chi connectivity index (χ0n) is 19.0. The lowest BCUT2D eigenvalue weighted by Crippen LogP contribution is -2.31. The molecule has 0 unspecified atom stereocenters. The summed E-state index contributed by atoms with van der Waals surface area (Å²) < 4.78 is 15.5. The van der Waals surface area contributed by atoms with Crippen LogP contribution in [0.25, 0.3) is 11.1 Å². The fraction of sp³-hybridized carbons (Fsp3) is 0.360. The van der Waals surface area contributed by atoms with Crippen molar-refractivity contribution < 1.29 is 28.6 Å². The van der Waals surface area contributed by atoms with Crippen molar-refractivity contribution in [3.8, 4) is 16.9 Å². The van der Waals surface area contributed by atoms with E-state index in [1.54, 1.807) is 12.1 Å². The van der Waals surface area contributed by atoms with Gasteiger partial charge in [-0.2, -0.15) is 0 Å². The van der Waals surface area contributed by atoms with E-state index in [9.17, 15) is 14.4 Å². The Labute approximate surface area is 198 Å². The monoisotopic (exact) mass is 467 g/mol. The molecule has 1 aliphatic rings. The van der Waals surface area contributed by atoms with Crippen LogP contribution < -0.4 is 15.8 Å². The van der Waals surface area contributed by atoms with Crippen molar-refractivity contribution in [3.05, 3.63) is 54.1 Å². The van der Waals surface area contributed by atoms with Crippen molar-refractivity contribution in [2.45, 2.75) is 38.6 Å². The minimum atomic E-state index is -0.585. The molecule has 2 atom stereocenters. The van der Waals surface area contributed by atoms with Crippen LogP contribution in [0.3, 0.4) is 0 Å². The maximum atomic E-state index is 12.2. The van der Waals surface area contributed by atoms with Crippen molar-refractivity contribution in [1.82, 2.24) is 5.32 Å². The van der Waals surface area contributed by atoms with E-state index in [1.165, 1.54) is 0 Å². The molecule has 0 aromatic heterocycles. The van der Waals surface area contributed by atoms with Crippen LogP contribution in [0.4, 0.5) is 0 Å². The molecule has 1 heterocycles. The zero-order chi connectivity index (χ0) is 24.5. The highest BCUT2D eigenvalue weighted by molar-refractivity contribution is 5.95. The third kappa shape index (κ3) is 7.06. The summed E-state index contributed by atoms with van der Waals surface area (Å²) in [6.07, 6.45) is 1.29. The van der Waals surface area contributed by atoms with Crippen LogP contribution in [0, 0.1) is 11.3 Å². The summed E-state index contributed by atoms with van der Waals surface area (Å²) in [7, 11) is 0. The van der Waals surface area contributed by atoms with Gasteiger partial charge in [0.15, 0.2) is 0 Å². The van der Waals surface area contributed by atoms with E-state index >= 15 is 0 Å². The van der Waals surface area contributed by atoms with Crippen molar-refractivity contribution in [2.75, 3.05) is 13.4 Å². The summed E-state index contributed by atoms with van der Waals surface area (Å²) in [5, 5.41) is 10.3. The first-order chi connectivity index (χ1) is 16.4. The van der Waals surface area contributed by atoms with E-state index in [2.05, 4.69) is 5.32 Å². The second-order valence-corrected chi connectivity index (χ2v) is 8.07. The molecular formula is C25H29N3O6. The summed E-state index contributed by atoms with van der Waals surface area (Å²) in [5.41, 5.74) is 8.15. The Morgan fingerprint density at radius 3 is 2.26 bits per heavy atom. The number of amidine groups is 1. The lowest BCUT2D eigenvalue weighted by Gasteiger charge is -2.12. The Hall–Kier alpha value is -3.88. The van der Waals surface area contributed by atoms with Gasteiger partial charge in [0.2, 0.25) is 12.7 Å². The van der Waals surface area contributed by atoms with E-state index in [-0.39, 0.29) is 37.2 Å². The number of nitrogens with one attached hydrogen (secondary N) is 2. The molecule has 1 aliphatic heterocycles. The second-order valence-electron chi connectivity index (χ2n) is 8.07. The van der Waals surface area contributed by atoms with Crippen molar-refractivity contribution in [2.24, 2.45) is 11.7 Å². The number of hydrogen-bond donors (Lipinski definition) is 3. The number of amides is 1. The smallest absolute Gasteiger partial charge is 0.309 e. The molecule has 1 saturated heterocycles. The minimum absolute atomic E-state index is 0.0290. The van der Waals surface area contributed by atoms with Crippen LogP contribution in [0.2, 0.25) is 0 Å². The molecule has 0 bridgehead atoms. The molecule has 0 spiro atoms. The molecule has 0 saturated carbocycles. The second kappa shape index (κ2) is 11.8. The van der Waals surface area contributed by atoms with Crippen molar-refractivity contribution >= 4 is 23.7 Å². The molecule has 4 N–H and O–H groups in total. The summed E-state index contributed by atoms with van der Waals surface area (Å²) >= 11 is 0. The highest BCUT2D eigenvalue weighted by Gasteiger charge is 2.34. The summed E-state index contributed by atoms with van der Waals surface area (Å²) in [6.45, 7) is 1.69. The summed E-state index contributed by atoms with van der Waals surface area (Å²) in [6, 6.07) is 14.7. The number of rotatable bonds is 11. The van der Waals surface area contributed by atoms with Crippen LogP contribution in [-0.4, -0.2) is 43.1 Å². The molecule has 2 aromatic carbocycles. The predicted octanol–water partition coefficient (Wildman–Crippen LogP) is 2.76. The number of nitrogen functional groups attached to an aromatic ring is 1. The minimum Gasteiger partial charge on any atom is -0.491 e. The van der Waals surface area contributed by atoms with Gasteiger partial charge in [0, 0.05) is 12.0 Å². The van der Waals surface area contributed by atoms with Crippen molar-refractivity contribution in [3.63, 3.8) is 0 Å². The number of carbonyl (C=O) groups is 3. The fourth-order valence-corrected chi connectivity index (χ4v) is 3.59. The van der Waals surface area contributed by atoms with Gasteiger partial charge in [-0.05, 0) is 36.1 Å². The molecule has 1 amide bonds. The number of benzene rings is 2. The molecular weight excluding hydrogens is 438 g/mol. The van der Waals surface area contributed by atoms with Crippen molar-refractivity contribution in [1.29, 1.82) is 5.41 Å². The molecule has 1 fully saturated rings. The number of hydrogen-bond acceptors (Lipinski definition) is 7. The Balaban J connectivity index is 1.42. The average molecular weight is 468 g/mol. The van der Waals surface area contributed by atoms with Gasteiger partial charge in [-0.3, -0.25) is 19.8 Å². The quantitative estimate of drug-likeness (QED) is 0.200. The van der Waals surface area contributed by atoms with Gasteiger partial charge >= 0.3 is 11.9 Å². The van der Waals surface area contributed by atoms with Crippen LogP contribution >= 0.6 is 0 Å². The van der Waals surface area contributed by atoms with E-state index in [0.717, 1.165) is 11.1 Å². The normalized spacial score (nSPS) is 17.0. The van der Waals surface area contributed by atoms with Gasteiger partial charge in [0.25, 0.3) is 0 Å². The highest BCUT2D eigenvalue weighted by atomic mass is 16.7. The SMILES string of the molecule is CCCC(=O)OCOC(=O)C[C@@H]1C[C@@H](COc2ccc(-c3ccc(C(=N)N)cc3)cc2)NC1=O. The first-order valence-electron chi connectivity index (χ1n) is 11.1. The zero-order valence-corrected chi connectivity index (χ0v) is 19.0. The molecule has 0 aliphatic carbocycles. The van der Waals surface area contributed by atoms with Gasteiger partial charge < -0.3 is 25.3 Å². The first kappa shape index (κ1) is 24.8. The molecule has 2 aromatic rings. The van der Waals surface area contributed by atoms with E-state index < -0.39 is 24.6 Å². The lowest BCUT2D eigenvalue weighted by molar-refractivity contribution is -0.168. The maximum Gasteiger partial charge on any atom is 0.309 e. The number of nitrogens with two attached hydrogens (primary N) is 1. The molecule has 9 nitrogen and oxygen atoms in total. The summed E-state index contributed by atoms with van der Waals surface area (Å²) in [4.78, 5) is 35.4. The van der Waals surface area contributed by atoms with Gasteiger partial charge in [-0.15, -0.1) is 0 Å². The van der Waals surface area contributed by atoms with Crippen LogP contribution in [0.15, 0.2) is 48.5 Å². The van der Waals surface area contributed by atoms with E-state index in [1.807, 2.05) is 43.3 Å². The maximum absolute atomic E-state index is 12.2. The number of ether oxygens (including phenoxy) is 3. The highest BCUT2D eigenvalue weighted by Crippen LogP contribution is 2.24. The third-order valence-electron chi connectivity index (χ3n) is 5.43. The molecule has 34 heavy (non-hydrogen) atoms. The van der Waals surface area contributed by atoms with E-state index in [4.69, 9.17) is 25.4 Å². The Bertz CT molecular complexity index is 1020. The van der Waals surface area contributed by atoms with Crippen LogP contribution in [0.1, 0.15) is 38.2 Å². The lowest BCUT2D eigenvalue weighted by atomic mass is 10.0. The largest absolute Gasteiger partial charge is 0.491 e. The van der Waals surface area contributed by atoms with Gasteiger partial charge in [-0.25, -0.2) is 0 Å². The average Bonchev–Trinajstić information content (AvgIpc) is 3.17. The Morgan fingerprint density at radius 1 is 1.03 bits per heavy atom. The molecule has 3 rings (SSSR count). The van der Waals surface area contributed by atoms with Crippen LogP contribution in [-0.2, 0) is 23.9 Å². The van der Waals surface area contributed by atoms with Gasteiger partial charge in [0.1, 0.15) is 18.2 Å². The number of esters is 2. The Kier molecular flexibility index (Phi) is 8.61.